The van der Waals surface area contributed by atoms with Gasteiger partial charge in [0.15, 0.2) is 0 Å². The Morgan fingerprint density at radius 1 is 1.22 bits per heavy atom. The van der Waals surface area contributed by atoms with Gasteiger partial charge in [0.1, 0.15) is 5.75 Å². The molecule has 1 aromatic carbocycles. The van der Waals surface area contributed by atoms with Gasteiger partial charge in [0.25, 0.3) is 0 Å². The van der Waals surface area contributed by atoms with Crippen molar-refractivity contribution in [2.24, 2.45) is 0 Å². The molecule has 1 aliphatic rings. The number of hydrogen-bond acceptors (Lipinski definition) is 3. The van der Waals surface area contributed by atoms with Crippen molar-refractivity contribution in [3.8, 4) is 5.75 Å². The van der Waals surface area contributed by atoms with Gasteiger partial charge in [-0.1, -0.05) is 18.2 Å². The first-order valence-electron chi connectivity index (χ1n) is 7.64. The Morgan fingerprint density at radius 2 is 1.87 bits per heavy atom. The van der Waals surface area contributed by atoms with E-state index in [1.54, 1.807) is 6.07 Å². The molecular weight excluding hydrogens is 311 g/mol. The van der Waals surface area contributed by atoms with Gasteiger partial charge >= 0.3 is 6.36 Å². The lowest BCUT2D eigenvalue weighted by molar-refractivity contribution is -0.274. The lowest BCUT2D eigenvalue weighted by Gasteiger charge is -2.26. The number of aryl methyl sites for hydroxylation is 1. The summed E-state index contributed by atoms with van der Waals surface area (Å²) in [7, 11) is 0. The van der Waals surface area contributed by atoms with Crippen molar-refractivity contribution >= 4 is 5.91 Å². The summed E-state index contributed by atoms with van der Waals surface area (Å²) in [4.78, 5) is 11.9. The maximum Gasteiger partial charge on any atom is 0.573 e. The summed E-state index contributed by atoms with van der Waals surface area (Å²) >= 11 is 0. The highest BCUT2D eigenvalue weighted by molar-refractivity contribution is 5.76. The highest BCUT2D eigenvalue weighted by Gasteiger charge is 2.32. The van der Waals surface area contributed by atoms with Crippen LogP contribution in [0.5, 0.6) is 5.75 Å². The van der Waals surface area contributed by atoms with Crippen molar-refractivity contribution in [1.29, 1.82) is 0 Å². The van der Waals surface area contributed by atoms with Gasteiger partial charge in [-0.15, -0.1) is 13.2 Å². The van der Waals surface area contributed by atoms with Crippen LogP contribution in [0.15, 0.2) is 24.3 Å². The number of amides is 1. The van der Waals surface area contributed by atoms with E-state index in [9.17, 15) is 23.1 Å². The average molecular weight is 331 g/mol. The third-order valence-electron chi connectivity index (χ3n) is 3.88. The van der Waals surface area contributed by atoms with Gasteiger partial charge in [-0.25, -0.2) is 0 Å². The second kappa shape index (κ2) is 7.68. The van der Waals surface area contributed by atoms with Gasteiger partial charge in [0, 0.05) is 12.5 Å². The number of para-hydroxylation sites is 1. The number of ether oxygens (including phenoxy) is 1. The number of alkyl halides is 3. The first-order valence-corrected chi connectivity index (χ1v) is 7.64. The summed E-state index contributed by atoms with van der Waals surface area (Å²) in [6, 6.07) is 5.86. The number of aliphatic hydroxyl groups excluding tert-OH is 1. The molecule has 2 N–H and O–H groups in total. The Bertz CT molecular complexity index is 526. The lowest BCUT2D eigenvalue weighted by atomic mass is 9.93. The highest BCUT2D eigenvalue weighted by Crippen LogP contribution is 2.27. The molecule has 0 saturated heterocycles. The van der Waals surface area contributed by atoms with Crippen LogP contribution in [0.1, 0.15) is 37.7 Å². The highest BCUT2D eigenvalue weighted by atomic mass is 19.4. The molecule has 1 amide bonds. The summed E-state index contributed by atoms with van der Waals surface area (Å²) in [5.74, 6) is -0.471. The van der Waals surface area contributed by atoms with Gasteiger partial charge in [-0.3, -0.25) is 4.79 Å². The van der Waals surface area contributed by atoms with E-state index >= 15 is 0 Å². The standard InChI is InChI=1S/C16H20F3NO3/c17-16(18,19)23-14-4-2-1-3-11(14)5-10-15(22)20-12-6-8-13(21)9-7-12/h1-4,12-13,21H,5-10H2,(H,20,22). The zero-order valence-electron chi connectivity index (χ0n) is 12.6. The van der Waals surface area contributed by atoms with E-state index in [-0.39, 0.29) is 36.6 Å². The van der Waals surface area contributed by atoms with E-state index in [4.69, 9.17) is 0 Å². The van der Waals surface area contributed by atoms with Gasteiger partial charge in [0.2, 0.25) is 5.91 Å². The number of benzene rings is 1. The van der Waals surface area contributed by atoms with Crippen molar-refractivity contribution in [1.82, 2.24) is 5.32 Å². The Labute approximate surface area is 132 Å². The van der Waals surface area contributed by atoms with Crippen LogP contribution in [-0.4, -0.2) is 29.5 Å². The van der Waals surface area contributed by atoms with Gasteiger partial charge in [-0.05, 0) is 43.7 Å². The van der Waals surface area contributed by atoms with Crippen LogP contribution < -0.4 is 10.1 Å². The maximum absolute atomic E-state index is 12.3. The molecule has 0 radical (unpaired) electrons. The van der Waals surface area contributed by atoms with E-state index in [1.165, 1.54) is 18.2 Å². The molecule has 2 rings (SSSR count). The molecule has 128 valence electrons. The fraction of sp³-hybridized carbons (Fsp3) is 0.562. The zero-order chi connectivity index (χ0) is 16.9. The minimum atomic E-state index is -4.75. The predicted molar refractivity (Wildman–Crippen MR) is 77.9 cm³/mol. The minimum Gasteiger partial charge on any atom is -0.406 e. The van der Waals surface area contributed by atoms with E-state index < -0.39 is 6.36 Å². The summed E-state index contributed by atoms with van der Waals surface area (Å²) < 4.78 is 41.0. The maximum atomic E-state index is 12.3. The summed E-state index contributed by atoms with van der Waals surface area (Å²) in [5.41, 5.74) is 0.346. The molecule has 0 aromatic heterocycles. The quantitative estimate of drug-likeness (QED) is 0.872. The molecule has 0 spiro atoms. The molecule has 1 saturated carbocycles. The number of aliphatic hydroxyl groups is 1. The number of hydrogen-bond donors (Lipinski definition) is 2. The SMILES string of the molecule is O=C(CCc1ccccc1OC(F)(F)F)NC1CCC(O)CC1. The monoisotopic (exact) mass is 331 g/mol. The predicted octanol–water partition coefficient (Wildman–Crippen LogP) is 2.94. The van der Waals surface area contributed by atoms with E-state index in [2.05, 4.69) is 10.1 Å². The second-order valence-corrected chi connectivity index (χ2v) is 5.73. The van der Waals surface area contributed by atoms with Crippen molar-refractivity contribution in [3.05, 3.63) is 29.8 Å². The molecule has 1 aromatic rings. The van der Waals surface area contributed by atoms with E-state index in [0.717, 1.165) is 12.8 Å². The molecule has 0 atom stereocenters. The normalized spacial score (nSPS) is 21.7. The molecule has 23 heavy (non-hydrogen) atoms. The Morgan fingerprint density at radius 3 is 2.52 bits per heavy atom. The summed E-state index contributed by atoms with van der Waals surface area (Å²) in [6.45, 7) is 0. The average Bonchev–Trinajstić information content (AvgIpc) is 2.47. The zero-order valence-corrected chi connectivity index (χ0v) is 12.6. The van der Waals surface area contributed by atoms with Gasteiger partial charge in [0.05, 0.1) is 6.10 Å². The van der Waals surface area contributed by atoms with E-state index in [1.807, 2.05) is 0 Å². The van der Waals surface area contributed by atoms with Gasteiger partial charge in [-0.2, -0.15) is 0 Å². The third kappa shape index (κ3) is 6.09. The molecule has 0 heterocycles. The van der Waals surface area contributed by atoms with Crippen LogP contribution in [0.3, 0.4) is 0 Å². The molecule has 0 bridgehead atoms. The van der Waals surface area contributed by atoms with Crippen LogP contribution in [0.2, 0.25) is 0 Å². The first-order chi connectivity index (χ1) is 10.8. The number of rotatable bonds is 5. The summed E-state index contributed by atoms with van der Waals surface area (Å²) in [5, 5.41) is 12.3. The van der Waals surface area contributed by atoms with Crippen LogP contribution in [0.4, 0.5) is 13.2 Å². The van der Waals surface area contributed by atoms with Crippen LogP contribution in [0.25, 0.3) is 0 Å². The minimum absolute atomic E-state index is 0.0348. The summed E-state index contributed by atoms with van der Waals surface area (Å²) in [6.07, 6.45) is -2.01. The Hall–Kier alpha value is -1.76. The molecular formula is C16H20F3NO3. The van der Waals surface area contributed by atoms with Crippen molar-refractivity contribution in [2.75, 3.05) is 0 Å². The Kier molecular flexibility index (Phi) is 5.87. The molecule has 0 unspecified atom stereocenters. The van der Waals surface area contributed by atoms with Crippen LogP contribution >= 0.6 is 0 Å². The fourth-order valence-corrected chi connectivity index (χ4v) is 2.70. The van der Waals surface area contributed by atoms with Crippen molar-refractivity contribution < 1.29 is 27.8 Å². The second-order valence-electron chi connectivity index (χ2n) is 5.73. The number of carbonyl (C=O) groups is 1. The topological polar surface area (TPSA) is 58.6 Å². The first kappa shape index (κ1) is 17.6. The largest absolute Gasteiger partial charge is 0.573 e. The number of halogens is 3. The van der Waals surface area contributed by atoms with Crippen molar-refractivity contribution in [3.63, 3.8) is 0 Å². The molecule has 1 aliphatic carbocycles. The smallest absolute Gasteiger partial charge is 0.406 e. The van der Waals surface area contributed by atoms with Crippen LogP contribution in [-0.2, 0) is 11.2 Å². The molecule has 0 aliphatic heterocycles. The van der Waals surface area contributed by atoms with Gasteiger partial charge < -0.3 is 15.2 Å². The Balaban J connectivity index is 1.84. The molecule has 7 heteroatoms. The number of carbonyl (C=O) groups excluding carboxylic acids is 1. The third-order valence-corrected chi connectivity index (χ3v) is 3.88. The van der Waals surface area contributed by atoms with E-state index in [0.29, 0.717) is 18.4 Å². The molecule has 4 nitrogen and oxygen atoms in total. The van der Waals surface area contributed by atoms with Crippen LogP contribution in [0, 0.1) is 0 Å². The lowest BCUT2D eigenvalue weighted by Crippen LogP contribution is -2.38. The fourth-order valence-electron chi connectivity index (χ4n) is 2.70. The molecule has 1 fully saturated rings. The number of nitrogens with one attached hydrogen (secondary N) is 1. The van der Waals surface area contributed by atoms with Crippen molar-refractivity contribution in [2.45, 2.75) is 57.0 Å².